The van der Waals surface area contributed by atoms with Crippen molar-refractivity contribution in [1.82, 2.24) is 10.2 Å². The first-order chi connectivity index (χ1) is 12.5. The Labute approximate surface area is 159 Å². The van der Waals surface area contributed by atoms with Crippen LogP contribution in [-0.2, 0) is 17.9 Å². The molecule has 2 N–H and O–H groups in total. The molecule has 0 radical (unpaired) electrons. The van der Waals surface area contributed by atoms with E-state index in [1.807, 2.05) is 49.4 Å². The van der Waals surface area contributed by atoms with Crippen molar-refractivity contribution in [1.29, 1.82) is 0 Å². The van der Waals surface area contributed by atoms with Gasteiger partial charge in [-0.1, -0.05) is 48.9 Å². The predicted molar refractivity (Wildman–Crippen MR) is 105 cm³/mol. The second-order valence-electron chi connectivity index (χ2n) is 6.10. The van der Waals surface area contributed by atoms with Gasteiger partial charge in [-0.2, -0.15) is 0 Å². The zero-order chi connectivity index (χ0) is 18.9. The van der Waals surface area contributed by atoms with Crippen molar-refractivity contribution in [2.24, 2.45) is 0 Å². The van der Waals surface area contributed by atoms with E-state index in [1.54, 1.807) is 18.0 Å². The van der Waals surface area contributed by atoms with Gasteiger partial charge in [-0.05, 0) is 35.7 Å². The Morgan fingerprint density at radius 3 is 2.62 bits per heavy atom. The van der Waals surface area contributed by atoms with Gasteiger partial charge in [0.15, 0.2) is 0 Å². The molecule has 5 nitrogen and oxygen atoms in total. The monoisotopic (exact) mass is 373 g/mol. The summed E-state index contributed by atoms with van der Waals surface area (Å²) >= 11 is 6.13. The smallest absolute Gasteiger partial charge is 0.317 e. The number of halogens is 1. The summed E-state index contributed by atoms with van der Waals surface area (Å²) in [6, 6.07) is 14.7. The van der Waals surface area contributed by atoms with E-state index in [0.29, 0.717) is 24.5 Å². The summed E-state index contributed by atoms with van der Waals surface area (Å²) < 4.78 is 0. The van der Waals surface area contributed by atoms with E-state index >= 15 is 0 Å². The molecule has 0 atom stereocenters. The third kappa shape index (κ3) is 6.08. The lowest BCUT2D eigenvalue weighted by molar-refractivity contribution is -0.116. The molecule has 3 amide bonds. The zero-order valence-electron chi connectivity index (χ0n) is 15.1. The predicted octanol–water partition coefficient (Wildman–Crippen LogP) is 4.42. The third-order valence-corrected chi connectivity index (χ3v) is 4.21. The fourth-order valence-corrected chi connectivity index (χ4v) is 2.67. The maximum atomic E-state index is 12.3. The number of nitrogens with one attached hydrogen (secondary N) is 2. The van der Waals surface area contributed by atoms with Gasteiger partial charge in [-0.3, -0.25) is 4.79 Å². The highest BCUT2D eigenvalue weighted by atomic mass is 35.5. The molecule has 0 aromatic heterocycles. The summed E-state index contributed by atoms with van der Waals surface area (Å²) in [5, 5.41) is 6.37. The highest BCUT2D eigenvalue weighted by Gasteiger charge is 2.10. The summed E-state index contributed by atoms with van der Waals surface area (Å²) in [5.74, 6) is -0.00633. The molecular weight excluding hydrogens is 350 g/mol. The summed E-state index contributed by atoms with van der Waals surface area (Å²) in [6.07, 6.45) is 1.30. The fraction of sp³-hybridized carbons (Fsp3) is 0.300. The highest BCUT2D eigenvalue weighted by Crippen LogP contribution is 2.16. The number of benzene rings is 2. The molecule has 0 unspecified atom stereocenters. The number of urea groups is 1. The van der Waals surface area contributed by atoms with Crippen LogP contribution < -0.4 is 10.6 Å². The van der Waals surface area contributed by atoms with Crippen LogP contribution >= 0.6 is 11.6 Å². The van der Waals surface area contributed by atoms with E-state index in [4.69, 9.17) is 11.6 Å². The van der Waals surface area contributed by atoms with Gasteiger partial charge in [-0.25, -0.2) is 4.79 Å². The van der Waals surface area contributed by atoms with E-state index in [2.05, 4.69) is 10.6 Å². The summed E-state index contributed by atoms with van der Waals surface area (Å²) in [5.41, 5.74) is 2.55. The first-order valence-electron chi connectivity index (χ1n) is 8.60. The van der Waals surface area contributed by atoms with Crippen LogP contribution in [0.5, 0.6) is 0 Å². The molecule has 2 rings (SSSR count). The van der Waals surface area contributed by atoms with Crippen molar-refractivity contribution in [3.8, 4) is 0 Å². The number of hydrogen-bond acceptors (Lipinski definition) is 2. The Morgan fingerprint density at radius 2 is 1.88 bits per heavy atom. The fourth-order valence-electron chi connectivity index (χ4n) is 2.48. The van der Waals surface area contributed by atoms with E-state index in [0.717, 1.165) is 23.2 Å². The van der Waals surface area contributed by atoms with Gasteiger partial charge >= 0.3 is 6.03 Å². The molecule has 0 aliphatic heterocycles. The zero-order valence-corrected chi connectivity index (χ0v) is 15.8. The Hall–Kier alpha value is -2.53. The van der Waals surface area contributed by atoms with Crippen LogP contribution in [0, 0.1) is 0 Å². The highest BCUT2D eigenvalue weighted by molar-refractivity contribution is 6.31. The molecule has 138 valence electrons. The molecule has 0 saturated heterocycles. The SMILES string of the molecule is CCCC(=O)Nc1cccc(CNC(=O)N(C)Cc2ccccc2Cl)c1. The van der Waals surface area contributed by atoms with Crippen molar-refractivity contribution in [3.63, 3.8) is 0 Å². The number of hydrogen-bond donors (Lipinski definition) is 2. The van der Waals surface area contributed by atoms with E-state index < -0.39 is 0 Å². The first kappa shape index (κ1) is 19.8. The van der Waals surface area contributed by atoms with Crippen molar-refractivity contribution >= 4 is 29.2 Å². The van der Waals surface area contributed by atoms with Gasteiger partial charge in [0.25, 0.3) is 0 Å². The van der Waals surface area contributed by atoms with Crippen LogP contribution in [0.1, 0.15) is 30.9 Å². The molecule has 0 fully saturated rings. The maximum Gasteiger partial charge on any atom is 0.317 e. The van der Waals surface area contributed by atoms with Gasteiger partial charge in [-0.15, -0.1) is 0 Å². The second-order valence-corrected chi connectivity index (χ2v) is 6.51. The summed E-state index contributed by atoms with van der Waals surface area (Å²) in [4.78, 5) is 25.5. The molecule has 2 aromatic rings. The molecule has 0 heterocycles. The molecule has 6 heteroatoms. The Kier molecular flexibility index (Phi) is 7.48. The molecule has 0 aliphatic rings. The van der Waals surface area contributed by atoms with Crippen molar-refractivity contribution < 1.29 is 9.59 Å². The normalized spacial score (nSPS) is 10.3. The van der Waals surface area contributed by atoms with Gasteiger partial charge < -0.3 is 15.5 Å². The minimum absolute atomic E-state index is 0.00633. The van der Waals surface area contributed by atoms with E-state index in [1.165, 1.54) is 0 Å². The summed E-state index contributed by atoms with van der Waals surface area (Å²) in [7, 11) is 1.72. The lowest BCUT2D eigenvalue weighted by Gasteiger charge is -2.19. The Bertz CT molecular complexity index is 764. The third-order valence-electron chi connectivity index (χ3n) is 3.84. The first-order valence-corrected chi connectivity index (χ1v) is 8.98. The number of carbonyl (C=O) groups is 2. The van der Waals surface area contributed by atoms with Crippen LogP contribution in [0.3, 0.4) is 0 Å². The van der Waals surface area contributed by atoms with Crippen LogP contribution in [-0.4, -0.2) is 23.9 Å². The van der Waals surface area contributed by atoms with E-state index in [-0.39, 0.29) is 11.9 Å². The molecule has 0 bridgehead atoms. The Morgan fingerprint density at radius 1 is 1.12 bits per heavy atom. The van der Waals surface area contributed by atoms with Crippen LogP contribution in [0.15, 0.2) is 48.5 Å². The van der Waals surface area contributed by atoms with Gasteiger partial charge in [0, 0.05) is 37.3 Å². The molecule has 0 spiro atoms. The minimum Gasteiger partial charge on any atom is -0.334 e. The lowest BCUT2D eigenvalue weighted by atomic mass is 10.2. The number of nitrogens with zero attached hydrogens (tertiary/aromatic N) is 1. The number of anilines is 1. The van der Waals surface area contributed by atoms with Crippen molar-refractivity contribution in [2.75, 3.05) is 12.4 Å². The molecule has 26 heavy (non-hydrogen) atoms. The molecule has 0 aliphatic carbocycles. The number of carbonyl (C=O) groups excluding carboxylic acids is 2. The number of amides is 3. The molecule has 2 aromatic carbocycles. The van der Waals surface area contributed by atoms with Crippen LogP contribution in [0.2, 0.25) is 5.02 Å². The van der Waals surface area contributed by atoms with Crippen molar-refractivity contribution in [3.05, 3.63) is 64.7 Å². The quantitative estimate of drug-likeness (QED) is 0.754. The standard InChI is InChI=1S/C20H24ClN3O2/c1-3-7-19(25)23-17-10-6-8-15(12-17)13-22-20(26)24(2)14-16-9-4-5-11-18(16)21/h4-6,8-12H,3,7,13-14H2,1-2H3,(H,22,26)(H,23,25). The second kappa shape index (κ2) is 9.82. The average Bonchev–Trinajstić information content (AvgIpc) is 2.62. The van der Waals surface area contributed by atoms with Gasteiger partial charge in [0.1, 0.15) is 0 Å². The topological polar surface area (TPSA) is 61.4 Å². The van der Waals surface area contributed by atoms with Gasteiger partial charge in [0.2, 0.25) is 5.91 Å². The molecule has 0 saturated carbocycles. The maximum absolute atomic E-state index is 12.3. The lowest BCUT2D eigenvalue weighted by Crippen LogP contribution is -2.36. The minimum atomic E-state index is -0.189. The van der Waals surface area contributed by atoms with Crippen LogP contribution in [0.25, 0.3) is 0 Å². The van der Waals surface area contributed by atoms with Crippen LogP contribution in [0.4, 0.5) is 10.5 Å². The summed E-state index contributed by atoms with van der Waals surface area (Å²) in [6.45, 7) is 2.77. The van der Waals surface area contributed by atoms with Crippen molar-refractivity contribution in [2.45, 2.75) is 32.9 Å². The molecular formula is C20H24ClN3O2. The van der Waals surface area contributed by atoms with E-state index in [9.17, 15) is 9.59 Å². The van der Waals surface area contributed by atoms with Gasteiger partial charge in [0.05, 0.1) is 0 Å². The average molecular weight is 374 g/mol. The largest absolute Gasteiger partial charge is 0.334 e. The number of rotatable bonds is 7. The Balaban J connectivity index is 1.88.